The minimum atomic E-state index is -0.919. The predicted molar refractivity (Wildman–Crippen MR) is 57.5 cm³/mol. The molecule has 1 aliphatic heterocycles. The van der Waals surface area contributed by atoms with Crippen LogP contribution in [0, 0.1) is 0 Å². The van der Waals surface area contributed by atoms with Gasteiger partial charge >= 0.3 is 5.97 Å². The van der Waals surface area contributed by atoms with Crippen LogP contribution in [0.2, 0.25) is 0 Å². The average molecular weight is 232 g/mol. The smallest absolute Gasteiger partial charge is 0.332 e. The van der Waals surface area contributed by atoms with E-state index in [0.717, 1.165) is 26.1 Å². The Balaban J connectivity index is 2.13. The van der Waals surface area contributed by atoms with Crippen molar-refractivity contribution in [3.05, 3.63) is 0 Å². The number of aliphatic carboxylic acids is 1. The van der Waals surface area contributed by atoms with E-state index in [1.54, 1.807) is 6.92 Å². The van der Waals surface area contributed by atoms with E-state index < -0.39 is 12.1 Å². The average Bonchev–Trinajstić information content (AvgIpc) is 2.29. The van der Waals surface area contributed by atoms with Crippen LogP contribution >= 0.6 is 0 Å². The lowest BCUT2D eigenvalue weighted by molar-refractivity contribution is -0.152. The standard InChI is InChI=1S/C11H20O5/c1-2-15-10(11(12)13)5-8-16-9-3-6-14-7-4-9/h9-10H,2-8H2,1H3,(H,12,13). The van der Waals surface area contributed by atoms with Crippen LogP contribution in [0.4, 0.5) is 0 Å². The normalized spacial score (nSPS) is 19.6. The van der Waals surface area contributed by atoms with Crippen molar-refractivity contribution in [1.29, 1.82) is 0 Å². The van der Waals surface area contributed by atoms with Gasteiger partial charge in [0.15, 0.2) is 6.10 Å². The molecule has 5 heteroatoms. The molecule has 0 aromatic rings. The molecular weight excluding hydrogens is 212 g/mol. The minimum Gasteiger partial charge on any atom is -0.479 e. The second-order valence-corrected chi connectivity index (χ2v) is 3.75. The van der Waals surface area contributed by atoms with Gasteiger partial charge in [-0.05, 0) is 19.8 Å². The van der Waals surface area contributed by atoms with Crippen molar-refractivity contribution in [2.75, 3.05) is 26.4 Å². The van der Waals surface area contributed by atoms with Gasteiger partial charge in [0, 0.05) is 26.2 Å². The van der Waals surface area contributed by atoms with Gasteiger partial charge in [0.25, 0.3) is 0 Å². The van der Waals surface area contributed by atoms with E-state index in [-0.39, 0.29) is 6.10 Å². The van der Waals surface area contributed by atoms with E-state index in [1.807, 2.05) is 0 Å². The molecule has 94 valence electrons. The third-order valence-corrected chi connectivity index (χ3v) is 2.55. The molecule has 1 saturated heterocycles. The summed E-state index contributed by atoms with van der Waals surface area (Å²) >= 11 is 0. The Kier molecular flexibility index (Phi) is 6.37. The Labute approximate surface area is 95.7 Å². The van der Waals surface area contributed by atoms with Crippen LogP contribution in [-0.2, 0) is 19.0 Å². The van der Waals surface area contributed by atoms with Gasteiger partial charge in [0.2, 0.25) is 0 Å². The van der Waals surface area contributed by atoms with Gasteiger partial charge in [0.05, 0.1) is 12.7 Å². The molecule has 0 radical (unpaired) electrons. The van der Waals surface area contributed by atoms with Crippen molar-refractivity contribution < 1.29 is 24.1 Å². The number of rotatable bonds is 7. The van der Waals surface area contributed by atoms with Crippen LogP contribution in [0.3, 0.4) is 0 Å². The van der Waals surface area contributed by atoms with Gasteiger partial charge in [-0.25, -0.2) is 4.79 Å². The summed E-state index contributed by atoms with van der Waals surface area (Å²) in [4.78, 5) is 10.8. The van der Waals surface area contributed by atoms with E-state index in [2.05, 4.69) is 0 Å². The SMILES string of the molecule is CCOC(CCOC1CCOCC1)C(=O)O. The fraction of sp³-hybridized carbons (Fsp3) is 0.909. The summed E-state index contributed by atoms with van der Waals surface area (Å²) in [5.41, 5.74) is 0. The van der Waals surface area contributed by atoms with Gasteiger partial charge < -0.3 is 19.3 Å². The first kappa shape index (κ1) is 13.4. The molecule has 0 saturated carbocycles. The monoisotopic (exact) mass is 232 g/mol. The van der Waals surface area contributed by atoms with Crippen LogP contribution in [-0.4, -0.2) is 49.7 Å². The molecule has 1 atom stereocenters. The van der Waals surface area contributed by atoms with Crippen molar-refractivity contribution in [2.24, 2.45) is 0 Å². The number of hydrogen-bond donors (Lipinski definition) is 1. The zero-order valence-electron chi connectivity index (χ0n) is 9.68. The predicted octanol–water partition coefficient (Wildman–Crippen LogP) is 1.06. The topological polar surface area (TPSA) is 65.0 Å². The zero-order valence-corrected chi connectivity index (χ0v) is 9.68. The van der Waals surface area contributed by atoms with Crippen molar-refractivity contribution in [3.63, 3.8) is 0 Å². The minimum absolute atomic E-state index is 0.213. The molecule has 1 aliphatic rings. The Morgan fingerprint density at radius 2 is 2.19 bits per heavy atom. The molecule has 5 nitrogen and oxygen atoms in total. The highest BCUT2D eigenvalue weighted by atomic mass is 16.5. The number of carboxylic acid groups (broad SMARTS) is 1. The Morgan fingerprint density at radius 3 is 2.75 bits per heavy atom. The maximum atomic E-state index is 10.8. The molecule has 1 rings (SSSR count). The maximum absolute atomic E-state index is 10.8. The lowest BCUT2D eigenvalue weighted by atomic mass is 10.1. The molecule has 1 heterocycles. The highest BCUT2D eigenvalue weighted by Crippen LogP contribution is 2.11. The summed E-state index contributed by atoms with van der Waals surface area (Å²) in [6.45, 7) is 4.10. The quantitative estimate of drug-likeness (QED) is 0.711. The second kappa shape index (κ2) is 7.60. The zero-order chi connectivity index (χ0) is 11.8. The molecule has 0 bridgehead atoms. The summed E-state index contributed by atoms with van der Waals surface area (Å²) in [5.74, 6) is -0.919. The number of carbonyl (C=O) groups is 1. The van der Waals surface area contributed by atoms with Gasteiger partial charge in [0.1, 0.15) is 0 Å². The Bertz CT molecular complexity index is 201. The summed E-state index contributed by atoms with van der Waals surface area (Å²) in [6.07, 6.45) is 1.66. The summed E-state index contributed by atoms with van der Waals surface area (Å²) in [7, 11) is 0. The first-order valence-electron chi connectivity index (χ1n) is 5.77. The first-order chi connectivity index (χ1) is 7.74. The van der Waals surface area contributed by atoms with Crippen molar-refractivity contribution in [3.8, 4) is 0 Å². The summed E-state index contributed by atoms with van der Waals surface area (Å²) in [6, 6.07) is 0. The molecule has 16 heavy (non-hydrogen) atoms. The molecule has 1 N–H and O–H groups in total. The molecule has 1 fully saturated rings. The lowest BCUT2D eigenvalue weighted by Gasteiger charge is -2.23. The van der Waals surface area contributed by atoms with Crippen LogP contribution in [0.25, 0.3) is 0 Å². The number of ether oxygens (including phenoxy) is 3. The van der Waals surface area contributed by atoms with Crippen LogP contribution in [0.15, 0.2) is 0 Å². The van der Waals surface area contributed by atoms with E-state index in [1.165, 1.54) is 0 Å². The molecule has 0 spiro atoms. The summed E-state index contributed by atoms with van der Waals surface area (Å²) < 4.78 is 15.9. The largest absolute Gasteiger partial charge is 0.479 e. The second-order valence-electron chi connectivity index (χ2n) is 3.75. The molecule has 0 aliphatic carbocycles. The molecule has 0 amide bonds. The fourth-order valence-corrected chi connectivity index (χ4v) is 1.66. The van der Waals surface area contributed by atoms with Gasteiger partial charge in [-0.2, -0.15) is 0 Å². The summed E-state index contributed by atoms with van der Waals surface area (Å²) in [5, 5.41) is 8.84. The molecule has 0 aromatic heterocycles. The molecule has 1 unspecified atom stereocenters. The lowest BCUT2D eigenvalue weighted by Crippen LogP contribution is -2.28. The molecule has 0 aromatic carbocycles. The third-order valence-electron chi connectivity index (χ3n) is 2.55. The van der Waals surface area contributed by atoms with Crippen LogP contribution in [0.5, 0.6) is 0 Å². The van der Waals surface area contributed by atoms with Crippen LogP contribution < -0.4 is 0 Å². The highest BCUT2D eigenvalue weighted by molar-refractivity contribution is 5.72. The first-order valence-corrected chi connectivity index (χ1v) is 5.77. The van der Waals surface area contributed by atoms with Crippen molar-refractivity contribution in [1.82, 2.24) is 0 Å². The maximum Gasteiger partial charge on any atom is 0.332 e. The van der Waals surface area contributed by atoms with E-state index in [0.29, 0.717) is 19.6 Å². The van der Waals surface area contributed by atoms with Gasteiger partial charge in [-0.3, -0.25) is 0 Å². The van der Waals surface area contributed by atoms with Crippen molar-refractivity contribution in [2.45, 2.75) is 38.4 Å². The van der Waals surface area contributed by atoms with Crippen LogP contribution in [0.1, 0.15) is 26.2 Å². The van der Waals surface area contributed by atoms with E-state index in [9.17, 15) is 4.79 Å². The van der Waals surface area contributed by atoms with E-state index in [4.69, 9.17) is 19.3 Å². The fourth-order valence-electron chi connectivity index (χ4n) is 1.66. The Hall–Kier alpha value is -0.650. The number of carboxylic acids is 1. The van der Waals surface area contributed by atoms with E-state index >= 15 is 0 Å². The van der Waals surface area contributed by atoms with Gasteiger partial charge in [-0.1, -0.05) is 0 Å². The number of hydrogen-bond acceptors (Lipinski definition) is 4. The van der Waals surface area contributed by atoms with Gasteiger partial charge in [-0.15, -0.1) is 0 Å². The molecular formula is C11H20O5. The highest BCUT2D eigenvalue weighted by Gasteiger charge is 2.19. The Morgan fingerprint density at radius 1 is 1.50 bits per heavy atom. The van der Waals surface area contributed by atoms with Crippen molar-refractivity contribution >= 4 is 5.97 Å². The third kappa shape index (κ3) is 4.92.